The van der Waals surface area contributed by atoms with E-state index in [1.807, 2.05) is 31.9 Å². The van der Waals surface area contributed by atoms with Gasteiger partial charge in [0, 0.05) is 37.9 Å². The highest BCUT2D eigenvalue weighted by atomic mass is 79.9. The largest absolute Gasteiger partial charge is 0.444 e. The highest BCUT2D eigenvalue weighted by Crippen LogP contribution is 2.30. The molecule has 1 aromatic heterocycles. The number of likely N-dealkylation sites (tertiary alicyclic amines) is 2. The van der Waals surface area contributed by atoms with Crippen molar-refractivity contribution >= 4 is 22.0 Å². The van der Waals surface area contributed by atoms with Crippen LogP contribution < -0.4 is 0 Å². The molecule has 2 aliphatic heterocycles. The molecule has 2 saturated heterocycles. The van der Waals surface area contributed by atoms with Crippen LogP contribution in [0.1, 0.15) is 45.3 Å². The van der Waals surface area contributed by atoms with Gasteiger partial charge in [0.1, 0.15) is 5.60 Å². The number of hydrogen-bond donors (Lipinski definition) is 0. The number of halogens is 1. The highest BCUT2D eigenvalue weighted by Gasteiger charge is 2.38. The second kappa shape index (κ2) is 6.67. The number of hydrogen-bond acceptors (Lipinski definition) is 4. The first-order valence-electron chi connectivity index (χ1n) is 8.66. The van der Waals surface area contributed by atoms with Crippen molar-refractivity contribution in [2.75, 3.05) is 26.2 Å². The summed E-state index contributed by atoms with van der Waals surface area (Å²) in [5, 5.41) is 4.46. The number of amides is 1. The van der Waals surface area contributed by atoms with Crippen LogP contribution in [0.3, 0.4) is 0 Å². The summed E-state index contributed by atoms with van der Waals surface area (Å²) in [5.74, 6) is 0. The Morgan fingerprint density at radius 1 is 1.29 bits per heavy atom. The molecule has 3 rings (SSSR count). The van der Waals surface area contributed by atoms with Crippen LogP contribution in [-0.4, -0.2) is 63.5 Å². The molecule has 134 valence electrons. The predicted molar refractivity (Wildman–Crippen MR) is 96.1 cm³/mol. The number of ether oxygens (including phenoxy) is 1. The maximum Gasteiger partial charge on any atom is 0.410 e. The van der Waals surface area contributed by atoms with Gasteiger partial charge in [0.25, 0.3) is 0 Å². The molecule has 0 aromatic carbocycles. The molecule has 0 N–H and O–H groups in total. The maximum atomic E-state index is 12.3. The highest BCUT2D eigenvalue weighted by molar-refractivity contribution is 9.10. The fourth-order valence-corrected chi connectivity index (χ4v) is 3.73. The minimum absolute atomic E-state index is 0.184. The van der Waals surface area contributed by atoms with Gasteiger partial charge in [0.15, 0.2) is 0 Å². The van der Waals surface area contributed by atoms with Crippen molar-refractivity contribution in [1.29, 1.82) is 0 Å². The van der Waals surface area contributed by atoms with E-state index in [0.29, 0.717) is 12.1 Å². The Morgan fingerprint density at radius 2 is 2.00 bits per heavy atom. The summed E-state index contributed by atoms with van der Waals surface area (Å²) in [6.07, 6.45) is 3.87. The Hall–Kier alpha value is -1.08. The van der Waals surface area contributed by atoms with Gasteiger partial charge in [-0.1, -0.05) is 0 Å². The first-order valence-corrected chi connectivity index (χ1v) is 9.45. The van der Waals surface area contributed by atoms with Crippen LogP contribution in [-0.2, 0) is 4.74 Å². The number of rotatable bonds is 2. The van der Waals surface area contributed by atoms with Crippen LogP contribution in [0.15, 0.2) is 10.7 Å². The number of piperidine rings is 1. The molecule has 3 heterocycles. The first-order chi connectivity index (χ1) is 11.2. The van der Waals surface area contributed by atoms with Gasteiger partial charge >= 0.3 is 6.09 Å². The van der Waals surface area contributed by atoms with E-state index in [4.69, 9.17) is 4.74 Å². The Labute approximate surface area is 152 Å². The van der Waals surface area contributed by atoms with Gasteiger partial charge < -0.3 is 9.64 Å². The molecule has 1 atom stereocenters. The van der Waals surface area contributed by atoms with Crippen molar-refractivity contribution < 1.29 is 9.53 Å². The second-order valence-corrected chi connectivity index (χ2v) is 8.71. The lowest BCUT2D eigenvalue weighted by Crippen LogP contribution is -2.58. The molecule has 0 aliphatic carbocycles. The number of aromatic nitrogens is 2. The molecule has 2 fully saturated rings. The van der Waals surface area contributed by atoms with Crippen LogP contribution in [0, 0.1) is 6.92 Å². The average molecular weight is 399 g/mol. The van der Waals surface area contributed by atoms with E-state index in [1.54, 1.807) is 0 Å². The van der Waals surface area contributed by atoms with Gasteiger partial charge in [-0.3, -0.25) is 9.58 Å². The molecule has 0 radical (unpaired) electrons. The summed E-state index contributed by atoms with van der Waals surface area (Å²) >= 11 is 3.52. The van der Waals surface area contributed by atoms with Gasteiger partial charge in [-0.2, -0.15) is 5.10 Å². The summed E-state index contributed by atoms with van der Waals surface area (Å²) in [7, 11) is 0. The summed E-state index contributed by atoms with van der Waals surface area (Å²) in [4.78, 5) is 16.6. The number of carbonyl (C=O) groups is 1. The van der Waals surface area contributed by atoms with Gasteiger partial charge in [-0.25, -0.2) is 4.79 Å². The van der Waals surface area contributed by atoms with Gasteiger partial charge in [-0.05, 0) is 56.5 Å². The van der Waals surface area contributed by atoms with Crippen molar-refractivity contribution in [2.45, 2.75) is 58.2 Å². The van der Waals surface area contributed by atoms with E-state index in [2.05, 4.69) is 37.5 Å². The van der Waals surface area contributed by atoms with Crippen LogP contribution >= 0.6 is 15.9 Å². The lowest BCUT2D eigenvalue weighted by molar-refractivity contribution is -0.00910. The Kier molecular flexibility index (Phi) is 4.93. The first kappa shape index (κ1) is 17.7. The predicted octanol–water partition coefficient (Wildman–Crippen LogP) is 3.21. The molecule has 2 aliphatic rings. The third-order valence-electron chi connectivity index (χ3n) is 4.79. The standard InChI is InChI=1S/C17H27BrN4O2/c1-12-15(18)8-19-22(12)14-10-21(11-14)13-6-5-7-20(9-13)16(23)24-17(2,3)4/h8,13-14H,5-7,9-11H2,1-4H3/t13-/m0/s1. The molecule has 1 amide bonds. The minimum Gasteiger partial charge on any atom is -0.444 e. The molecule has 1 aromatic rings. The van der Waals surface area contributed by atoms with Gasteiger partial charge in [0.05, 0.1) is 16.7 Å². The van der Waals surface area contributed by atoms with Crippen molar-refractivity contribution in [2.24, 2.45) is 0 Å². The second-order valence-electron chi connectivity index (χ2n) is 7.85. The minimum atomic E-state index is -0.434. The molecule has 0 saturated carbocycles. The SMILES string of the molecule is Cc1c(Br)cnn1C1CN([C@H]2CCCN(C(=O)OC(C)(C)C)C2)C1. The van der Waals surface area contributed by atoms with Crippen LogP contribution in [0.5, 0.6) is 0 Å². The Balaban J connectivity index is 1.53. The van der Waals surface area contributed by atoms with Crippen LogP contribution in [0.25, 0.3) is 0 Å². The molecule has 7 heteroatoms. The number of nitrogens with zero attached hydrogens (tertiary/aromatic N) is 4. The fraction of sp³-hybridized carbons (Fsp3) is 0.765. The Morgan fingerprint density at radius 3 is 2.58 bits per heavy atom. The van der Waals surface area contributed by atoms with E-state index in [9.17, 15) is 4.79 Å². The molecule has 0 spiro atoms. The molecule has 0 bridgehead atoms. The zero-order valence-electron chi connectivity index (χ0n) is 15.0. The normalized spacial score (nSPS) is 23.2. The van der Waals surface area contributed by atoms with E-state index in [0.717, 1.165) is 43.5 Å². The van der Waals surface area contributed by atoms with E-state index >= 15 is 0 Å². The average Bonchev–Trinajstić information content (AvgIpc) is 2.77. The molecular formula is C17H27BrN4O2. The summed E-state index contributed by atoms with van der Waals surface area (Å²) in [5.41, 5.74) is 0.746. The zero-order valence-corrected chi connectivity index (χ0v) is 16.5. The topological polar surface area (TPSA) is 50.6 Å². The van der Waals surface area contributed by atoms with E-state index in [1.165, 1.54) is 5.69 Å². The molecular weight excluding hydrogens is 372 g/mol. The lowest BCUT2D eigenvalue weighted by Gasteiger charge is -2.47. The van der Waals surface area contributed by atoms with E-state index in [-0.39, 0.29) is 6.09 Å². The van der Waals surface area contributed by atoms with Crippen molar-refractivity contribution in [1.82, 2.24) is 19.6 Å². The molecule has 24 heavy (non-hydrogen) atoms. The van der Waals surface area contributed by atoms with Crippen LogP contribution in [0.2, 0.25) is 0 Å². The summed E-state index contributed by atoms with van der Waals surface area (Å²) in [6.45, 7) is 11.4. The third kappa shape index (κ3) is 3.77. The monoisotopic (exact) mass is 398 g/mol. The maximum absolute atomic E-state index is 12.3. The molecule has 0 unspecified atom stereocenters. The van der Waals surface area contributed by atoms with Crippen molar-refractivity contribution in [3.63, 3.8) is 0 Å². The zero-order chi connectivity index (χ0) is 17.5. The van der Waals surface area contributed by atoms with Gasteiger partial charge in [0.2, 0.25) is 0 Å². The Bertz CT molecular complexity index is 604. The van der Waals surface area contributed by atoms with E-state index < -0.39 is 5.60 Å². The quantitative estimate of drug-likeness (QED) is 0.767. The van der Waals surface area contributed by atoms with Crippen molar-refractivity contribution in [3.05, 3.63) is 16.4 Å². The fourth-order valence-electron chi connectivity index (χ4n) is 3.46. The molecule has 6 nitrogen and oxygen atoms in total. The summed E-state index contributed by atoms with van der Waals surface area (Å²) in [6, 6.07) is 0.870. The smallest absolute Gasteiger partial charge is 0.410 e. The lowest BCUT2D eigenvalue weighted by atomic mass is 9.98. The third-order valence-corrected chi connectivity index (χ3v) is 5.56. The van der Waals surface area contributed by atoms with Gasteiger partial charge in [-0.15, -0.1) is 0 Å². The summed E-state index contributed by atoms with van der Waals surface area (Å²) < 4.78 is 8.69. The van der Waals surface area contributed by atoms with Crippen molar-refractivity contribution in [3.8, 4) is 0 Å². The van der Waals surface area contributed by atoms with Crippen LogP contribution in [0.4, 0.5) is 4.79 Å². The number of carbonyl (C=O) groups excluding carboxylic acids is 1.